The van der Waals surface area contributed by atoms with Crippen LogP contribution in [0, 0.1) is 0 Å². The maximum atomic E-state index is 12.9. The van der Waals surface area contributed by atoms with E-state index in [0.29, 0.717) is 0 Å². The summed E-state index contributed by atoms with van der Waals surface area (Å²) in [5.74, 6) is 0.106. The molecule has 0 saturated carbocycles. The standard InChI is InChI=1S/C21H27N3O/c1-4-15-24-20(22-19-10-8-7-9-18(19)21(24)25)16-11-13-17(14-12-16)23(5-2)6-3/h7-14,20,22H,4-6,15H2,1-3H3. The summed E-state index contributed by atoms with van der Waals surface area (Å²) in [5.41, 5.74) is 4.01. The molecule has 0 fully saturated rings. The maximum absolute atomic E-state index is 12.9. The van der Waals surface area contributed by atoms with E-state index in [1.807, 2.05) is 29.2 Å². The molecule has 1 N–H and O–H groups in total. The van der Waals surface area contributed by atoms with Crippen molar-refractivity contribution in [2.24, 2.45) is 0 Å². The van der Waals surface area contributed by atoms with E-state index in [0.717, 1.165) is 42.9 Å². The highest BCUT2D eigenvalue weighted by molar-refractivity contribution is 6.01. The molecular weight excluding hydrogens is 310 g/mol. The number of hydrogen-bond acceptors (Lipinski definition) is 3. The first-order valence-electron chi connectivity index (χ1n) is 9.21. The molecule has 1 heterocycles. The maximum Gasteiger partial charge on any atom is 0.257 e. The Labute approximate surface area is 150 Å². The Hall–Kier alpha value is -2.49. The minimum absolute atomic E-state index is 0.106. The Balaban J connectivity index is 1.93. The Kier molecular flexibility index (Phi) is 5.27. The number of para-hydroxylation sites is 1. The fourth-order valence-corrected chi connectivity index (χ4v) is 3.48. The molecule has 2 aromatic carbocycles. The number of anilines is 2. The monoisotopic (exact) mass is 337 g/mol. The minimum atomic E-state index is -0.117. The number of amides is 1. The Morgan fingerprint density at radius 3 is 2.32 bits per heavy atom. The quantitative estimate of drug-likeness (QED) is 0.842. The number of carbonyl (C=O) groups excluding carboxylic acids is 1. The number of hydrogen-bond donors (Lipinski definition) is 1. The molecule has 1 amide bonds. The smallest absolute Gasteiger partial charge is 0.257 e. The Bertz CT molecular complexity index is 722. The van der Waals surface area contributed by atoms with Crippen molar-refractivity contribution in [2.45, 2.75) is 33.4 Å². The predicted octanol–water partition coefficient (Wildman–Crippen LogP) is 4.51. The van der Waals surface area contributed by atoms with Gasteiger partial charge in [-0.1, -0.05) is 31.2 Å². The normalized spacial score (nSPS) is 16.4. The van der Waals surface area contributed by atoms with Crippen molar-refractivity contribution in [3.63, 3.8) is 0 Å². The molecule has 25 heavy (non-hydrogen) atoms. The summed E-state index contributed by atoms with van der Waals surface area (Å²) in [6, 6.07) is 16.3. The number of benzene rings is 2. The summed E-state index contributed by atoms with van der Waals surface area (Å²) in [5, 5.41) is 3.55. The average molecular weight is 337 g/mol. The lowest BCUT2D eigenvalue weighted by atomic mass is 10.0. The highest BCUT2D eigenvalue weighted by Crippen LogP contribution is 2.33. The van der Waals surface area contributed by atoms with E-state index in [2.05, 4.69) is 55.3 Å². The zero-order valence-electron chi connectivity index (χ0n) is 15.3. The molecule has 4 nitrogen and oxygen atoms in total. The first-order chi connectivity index (χ1) is 12.2. The molecule has 0 bridgehead atoms. The van der Waals surface area contributed by atoms with E-state index in [9.17, 15) is 4.79 Å². The average Bonchev–Trinajstić information content (AvgIpc) is 2.66. The molecule has 2 aromatic rings. The Morgan fingerprint density at radius 1 is 1.00 bits per heavy atom. The van der Waals surface area contributed by atoms with E-state index >= 15 is 0 Å². The number of carbonyl (C=O) groups is 1. The molecule has 0 saturated heterocycles. The van der Waals surface area contributed by atoms with Crippen LogP contribution in [0.1, 0.15) is 49.3 Å². The van der Waals surface area contributed by atoms with Crippen molar-refractivity contribution in [1.29, 1.82) is 0 Å². The number of nitrogens with one attached hydrogen (secondary N) is 1. The molecule has 0 spiro atoms. The van der Waals surface area contributed by atoms with Gasteiger partial charge in [0.2, 0.25) is 0 Å². The number of nitrogens with zero attached hydrogens (tertiary/aromatic N) is 2. The molecule has 0 radical (unpaired) electrons. The van der Waals surface area contributed by atoms with Gasteiger partial charge in [0.15, 0.2) is 0 Å². The molecule has 1 aliphatic rings. The van der Waals surface area contributed by atoms with Crippen LogP contribution in [0.3, 0.4) is 0 Å². The molecule has 3 rings (SSSR count). The van der Waals surface area contributed by atoms with Gasteiger partial charge in [0.1, 0.15) is 6.17 Å². The highest BCUT2D eigenvalue weighted by atomic mass is 16.2. The van der Waals surface area contributed by atoms with E-state index in [4.69, 9.17) is 0 Å². The molecule has 1 atom stereocenters. The summed E-state index contributed by atoms with van der Waals surface area (Å²) in [7, 11) is 0. The van der Waals surface area contributed by atoms with Gasteiger partial charge in [-0.25, -0.2) is 0 Å². The summed E-state index contributed by atoms with van der Waals surface area (Å²) in [6.07, 6.45) is 0.817. The lowest BCUT2D eigenvalue weighted by Gasteiger charge is -2.38. The van der Waals surface area contributed by atoms with E-state index in [1.165, 1.54) is 5.69 Å². The zero-order valence-corrected chi connectivity index (χ0v) is 15.3. The summed E-state index contributed by atoms with van der Waals surface area (Å²) < 4.78 is 0. The van der Waals surface area contributed by atoms with E-state index in [1.54, 1.807) is 0 Å². The first kappa shape index (κ1) is 17.3. The van der Waals surface area contributed by atoms with Crippen molar-refractivity contribution < 1.29 is 4.79 Å². The van der Waals surface area contributed by atoms with Gasteiger partial charge in [0, 0.05) is 31.0 Å². The van der Waals surface area contributed by atoms with Gasteiger partial charge in [0.05, 0.1) is 5.56 Å². The van der Waals surface area contributed by atoms with Crippen LogP contribution in [0.25, 0.3) is 0 Å². The van der Waals surface area contributed by atoms with Gasteiger partial charge in [-0.05, 0) is 50.1 Å². The van der Waals surface area contributed by atoms with Gasteiger partial charge in [0.25, 0.3) is 5.91 Å². The van der Waals surface area contributed by atoms with Gasteiger partial charge in [-0.15, -0.1) is 0 Å². The number of fused-ring (bicyclic) bond motifs is 1. The largest absolute Gasteiger partial charge is 0.372 e. The van der Waals surface area contributed by atoms with Crippen LogP contribution in [-0.4, -0.2) is 30.4 Å². The SMILES string of the molecule is CCCN1C(=O)c2ccccc2NC1c1ccc(N(CC)CC)cc1. The molecule has 1 aliphatic heterocycles. The number of rotatable bonds is 6. The van der Waals surface area contributed by atoms with Crippen LogP contribution in [0.5, 0.6) is 0 Å². The second kappa shape index (κ2) is 7.60. The fraction of sp³-hybridized carbons (Fsp3) is 0.381. The molecule has 4 heteroatoms. The molecular formula is C21H27N3O. The van der Waals surface area contributed by atoms with Crippen LogP contribution in [0.4, 0.5) is 11.4 Å². The molecule has 0 aliphatic carbocycles. The van der Waals surface area contributed by atoms with Gasteiger partial charge >= 0.3 is 0 Å². The van der Waals surface area contributed by atoms with E-state index < -0.39 is 0 Å². The van der Waals surface area contributed by atoms with Crippen LogP contribution >= 0.6 is 0 Å². The second-order valence-corrected chi connectivity index (χ2v) is 6.35. The topological polar surface area (TPSA) is 35.6 Å². The van der Waals surface area contributed by atoms with Gasteiger partial charge in [-0.3, -0.25) is 4.79 Å². The van der Waals surface area contributed by atoms with Crippen LogP contribution < -0.4 is 10.2 Å². The molecule has 0 aromatic heterocycles. The Morgan fingerprint density at radius 2 is 1.68 bits per heavy atom. The zero-order chi connectivity index (χ0) is 17.8. The first-order valence-corrected chi connectivity index (χ1v) is 9.21. The van der Waals surface area contributed by atoms with E-state index in [-0.39, 0.29) is 12.1 Å². The van der Waals surface area contributed by atoms with Crippen LogP contribution in [0.15, 0.2) is 48.5 Å². The highest BCUT2D eigenvalue weighted by Gasteiger charge is 2.32. The fourth-order valence-electron chi connectivity index (χ4n) is 3.48. The van der Waals surface area contributed by atoms with Crippen molar-refractivity contribution in [2.75, 3.05) is 29.9 Å². The third-order valence-corrected chi connectivity index (χ3v) is 4.82. The summed E-state index contributed by atoms with van der Waals surface area (Å²) in [6.45, 7) is 9.16. The van der Waals surface area contributed by atoms with Gasteiger partial charge in [-0.2, -0.15) is 0 Å². The van der Waals surface area contributed by atoms with Crippen molar-refractivity contribution in [1.82, 2.24) is 4.90 Å². The molecule has 1 unspecified atom stereocenters. The third kappa shape index (κ3) is 3.34. The van der Waals surface area contributed by atoms with Crippen molar-refractivity contribution in [3.05, 3.63) is 59.7 Å². The lowest BCUT2D eigenvalue weighted by molar-refractivity contribution is 0.0683. The third-order valence-electron chi connectivity index (χ3n) is 4.82. The van der Waals surface area contributed by atoms with Gasteiger partial charge < -0.3 is 15.1 Å². The van der Waals surface area contributed by atoms with Crippen LogP contribution in [-0.2, 0) is 0 Å². The van der Waals surface area contributed by atoms with Crippen molar-refractivity contribution in [3.8, 4) is 0 Å². The van der Waals surface area contributed by atoms with Crippen molar-refractivity contribution >= 4 is 17.3 Å². The van der Waals surface area contributed by atoms with Crippen LogP contribution in [0.2, 0.25) is 0 Å². The molecule has 132 valence electrons. The summed E-state index contributed by atoms with van der Waals surface area (Å²) >= 11 is 0. The second-order valence-electron chi connectivity index (χ2n) is 6.35. The predicted molar refractivity (Wildman–Crippen MR) is 104 cm³/mol. The summed E-state index contributed by atoms with van der Waals surface area (Å²) in [4.78, 5) is 17.2. The minimum Gasteiger partial charge on any atom is -0.372 e. The lowest BCUT2D eigenvalue weighted by Crippen LogP contribution is -2.43.